The van der Waals surface area contributed by atoms with E-state index in [4.69, 9.17) is 0 Å². The van der Waals surface area contributed by atoms with Crippen molar-refractivity contribution in [3.8, 4) is 11.3 Å². The number of carbonyl (C=O) groups is 2. The molecule has 0 aliphatic heterocycles. The number of nitrogens with zero attached hydrogens (tertiary/aromatic N) is 1. The van der Waals surface area contributed by atoms with Gasteiger partial charge in [0.2, 0.25) is 5.91 Å². The van der Waals surface area contributed by atoms with Crippen molar-refractivity contribution >= 4 is 12.2 Å². The number of amides is 1. The molecule has 21 heavy (non-hydrogen) atoms. The summed E-state index contributed by atoms with van der Waals surface area (Å²) in [6, 6.07) is 12.9. The Morgan fingerprint density at radius 3 is 2.71 bits per heavy atom. The van der Waals surface area contributed by atoms with E-state index < -0.39 is 0 Å². The maximum Gasteiger partial charge on any atom is 0.222 e. The van der Waals surface area contributed by atoms with Crippen LogP contribution in [0.5, 0.6) is 0 Å². The summed E-state index contributed by atoms with van der Waals surface area (Å²) in [6.07, 6.45) is 0.816. The number of nitrogens with one attached hydrogen (secondary N) is 1. The van der Waals surface area contributed by atoms with E-state index in [1.807, 2.05) is 44.2 Å². The minimum absolute atomic E-state index is 0.00477. The molecule has 0 saturated heterocycles. The fourth-order valence-corrected chi connectivity index (χ4v) is 1.89. The van der Waals surface area contributed by atoms with Crippen molar-refractivity contribution in [1.82, 2.24) is 10.3 Å². The van der Waals surface area contributed by atoms with Gasteiger partial charge in [-0.15, -0.1) is 0 Å². The van der Waals surface area contributed by atoms with Gasteiger partial charge in [0.1, 0.15) is 6.29 Å². The Morgan fingerprint density at radius 2 is 2.00 bits per heavy atom. The van der Waals surface area contributed by atoms with E-state index in [1.165, 1.54) is 0 Å². The average Bonchev–Trinajstić information content (AvgIpc) is 2.52. The number of carbonyl (C=O) groups excluding carboxylic acids is 2. The van der Waals surface area contributed by atoms with Crippen LogP contribution in [0.3, 0.4) is 0 Å². The highest BCUT2D eigenvalue weighted by Crippen LogP contribution is 2.18. The van der Waals surface area contributed by atoms with E-state index in [9.17, 15) is 9.59 Å². The lowest BCUT2D eigenvalue weighted by molar-refractivity contribution is -0.124. The zero-order valence-electron chi connectivity index (χ0n) is 12.2. The van der Waals surface area contributed by atoms with Crippen molar-refractivity contribution in [3.63, 3.8) is 0 Å². The highest BCUT2D eigenvalue weighted by Gasteiger charge is 2.07. The third kappa shape index (κ3) is 3.99. The molecule has 0 aliphatic rings. The van der Waals surface area contributed by atoms with Crippen LogP contribution in [0.1, 0.15) is 29.9 Å². The van der Waals surface area contributed by atoms with Crippen LogP contribution in [0, 0.1) is 5.92 Å². The Hall–Kier alpha value is -2.49. The van der Waals surface area contributed by atoms with Gasteiger partial charge in [0.25, 0.3) is 0 Å². The van der Waals surface area contributed by atoms with Gasteiger partial charge in [-0.1, -0.05) is 38.1 Å². The molecule has 1 amide bonds. The van der Waals surface area contributed by atoms with Gasteiger partial charge in [-0.2, -0.15) is 0 Å². The first-order valence-corrected chi connectivity index (χ1v) is 6.89. The van der Waals surface area contributed by atoms with Gasteiger partial charge >= 0.3 is 0 Å². The first-order valence-electron chi connectivity index (χ1n) is 6.89. The topological polar surface area (TPSA) is 59.1 Å². The van der Waals surface area contributed by atoms with Gasteiger partial charge in [0, 0.05) is 17.0 Å². The molecule has 0 bridgehead atoms. The molecule has 2 aromatic rings. The second-order valence-corrected chi connectivity index (χ2v) is 5.13. The lowest BCUT2D eigenvalue weighted by Gasteiger charge is -2.08. The fraction of sp³-hybridized carbons (Fsp3) is 0.235. The van der Waals surface area contributed by atoms with Crippen LogP contribution in [0.4, 0.5) is 0 Å². The van der Waals surface area contributed by atoms with Crippen LogP contribution in [0.2, 0.25) is 0 Å². The van der Waals surface area contributed by atoms with E-state index >= 15 is 0 Å². The number of pyridine rings is 1. The molecular formula is C17H18N2O2. The third-order valence-electron chi connectivity index (χ3n) is 3.09. The highest BCUT2D eigenvalue weighted by atomic mass is 16.1. The number of hydrogen-bond donors (Lipinski definition) is 1. The van der Waals surface area contributed by atoms with Crippen molar-refractivity contribution in [1.29, 1.82) is 0 Å². The highest BCUT2D eigenvalue weighted by molar-refractivity contribution is 5.78. The normalized spacial score (nSPS) is 10.4. The number of aldehydes is 1. The molecule has 1 heterocycles. The summed E-state index contributed by atoms with van der Waals surface area (Å²) in [7, 11) is 0. The maximum atomic E-state index is 11.6. The van der Waals surface area contributed by atoms with Gasteiger partial charge in [-0.05, 0) is 18.2 Å². The zero-order valence-corrected chi connectivity index (χ0v) is 12.2. The Morgan fingerprint density at radius 1 is 1.24 bits per heavy atom. The summed E-state index contributed by atoms with van der Waals surface area (Å²) < 4.78 is 0. The van der Waals surface area contributed by atoms with E-state index in [-0.39, 0.29) is 11.8 Å². The predicted octanol–water partition coefficient (Wildman–Crippen LogP) is 2.83. The second-order valence-electron chi connectivity index (χ2n) is 5.13. The Balaban J connectivity index is 2.17. The second kappa shape index (κ2) is 6.79. The average molecular weight is 282 g/mol. The summed E-state index contributed by atoms with van der Waals surface area (Å²) in [5.74, 6) is -0.0392. The van der Waals surface area contributed by atoms with Crippen LogP contribution in [-0.4, -0.2) is 17.2 Å². The molecule has 0 spiro atoms. The molecule has 0 radical (unpaired) electrons. The minimum atomic E-state index is -0.0440. The maximum absolute atomic E-state index is 11.6. The monoisotopic (exact) mass is 282 g/mol. The molecule has 4 heteroatoms. The number of benzene rings is 1. The Kier molecular flexibility index (Phi) is 4.82. The molecule has 1 aromatic heterocycles. The number of aromatic nitrogens is 1. The molecule has 0 saturated carbocycles. The van der Waals surface area contributed by atoms with Gasteiger partial charge < -0.3 is 5.32 Å². The molecular weight excluding hydrogens is 264 g/mol. The molecule has 0 unspecified atom stereocenters. The molecule has 1 N–H and O–H groups in total. The molecule has 108 valence electrons. The van der Waals surface area contributed by atoms with Gasteiger partial charge in [-0.25, -0.2) is 0 Å². The van der Waals surface area contributed by atoms with Crippen LogP contribution in [0.15, 0.2) is 42.5 Å². The molecule has 4 nitrogen and oxygen atoms in total. The number of hydrogen-bond acceptors (Lipinski definition) is 3. The van der Waals surface area contributed by atoms with Crippen molar-refractivity contribution < 1.29 is 9.59 Å². The smallest absolute Gasteiger partial charge is 0.222 e. The summed E-state index contributed by atoms with van der Waals surface area (Å²) >= 11 is 0. The lowest BCUT2D eigenvalue weighted by Crippen LogP contribution is -2.27. The minimum Gasteiger partial charge on any atom is -0.350 e. The summed E-state index contributed by atoms with van der Waals surface area (Å²) in [4.78, 5) is 26.9. The summed E-state index contributed by atoms with van der Waals surface area (Å²) in [6.45, 7) is 4.10. The van der Waals surface area contributed by atoms with Crippen LogP contribution < -0.4 is 5.32 Å². The van der Waals surface area contributed by atoms with Gasteiger partial charge in [0.15, 0.2) is 0 Å². The molecule has 1 aromatic carbocycles. The summed E-state index contributed by atoms with van der Waals surface area (Å²) in [5.41, 5.74) is 3.08. The van der Waals surface area contributed by atoms with Crippen LogP contribution >= 0.6 is 0 Å². The summed E-state index contributed by atoms with van der Waals surface area (Å²) in [5, 5.41) is 2.84. The van der Waals surface area contributed by atoms with E-state index in [0.717, 1.165) is 23.2 Å². The zero-order chi connectivity index (χ0) is 15.2. The van der Waals surface area contributed by atoms with Crippen molar-refractivity contribution in [3.05, 3.63) is 53.7 Å². The standard InChI is InChI=1S/C17H18N2O2/c1-12(2)17(21)18-10-15-7-4-8-16(19-15)14-6-3-5-13(9-14)11-20/h3-9,11-12H,10H2,1-2H3,(H,18,21). The Labute approximate surface area is 124 Å². The quantitative estimate of drug-likeness (QED) is 0.858. The molecule has 0 atom stereocenters. The Bertz CT molecular complexity index is 651. The SMILES string of the molecule is CC(C)C(=O)NCc1cccc(-c2cccc(C=O)c2)n1. The van der Waals surface area contributed by atoms with Crippen LogP contribution in [0.25, 0.3) is 11.3 Å². The molecule has 2 rings (SSSR count). The van der Waals surface area contributed by atoms with E-state index in [0.29, 0.717) is 12.1 Å². The van der Waals surface area contributed by atoms with Gasteiger partial charge in [-0.3, -0.25) is 14.6 Å². The van der Waals surface area contributed by atoms with Crippen molar-refractivity contribution in [2.75, 3.05) is 0 Å². The molecule has 0 aliphatic carbocycles. The number of rotatable bonds is 5. The van der Waals surface area contributed by atoms with Gasteiger partial charge in [0.05, 0.1) is 17.9 Å². The van der Waals surface area contributed by atoms with Crippen molar-refractivity contribution in [2.45, 2.75) is 20.4 Å². The fourth-order valence-electron chi connectivity index (χ4n) is 1.89. The van der Waals surface area contributed by atoms with E-state index in [2.05, 4.69) is 10.3 Å². The van der Waals surface area contributed by atoms with Crippen molar-refractivity contribution in [2.24, 2.45) is 5.92 Å². The predicted molar refractivity (Wildman–Crippen MR) is 81.7 cm³/mol. The first kappa shape index (κ1) is 14.9. The van der Waals surface area contributed by atoms with E-state index in [1.54, 1.807) is 12.1 Å². The lowest BCUT2D eigenvalue weighted by atomic mass is 10.1. The first-order chi connectivity index (χ1) is 10.1. The van der Waals surface area contributed by atoms with Crippen LogP contribution in [-0.2, 0) is 11.3 Å². The largest absolute Gasteiger partial charge is 0.350 e. The third-order valence-corrected chi connectivity index (χ3v) is 3.09. The molecule has 0 fully saturated rings.